The molecule has 0 N–H and O–H groups in total. The molecule has 0 atom stereocenters. The molecule has 0 saturated carbocycles. The van der Waals surface area contributed by atoms with Crippen LogP contribution in [0, 0.1) is 43.9 Å². The van der Waals surface area contributed by atoms with Crippen molar-refractivity contribution in [2.24, 2.45) is 0 Å². The fourth-order valence-electron chi connectivity index (χ4n) is 6.57. The van der Waals surface area contributed by atoms with Crippen molar-refractivity contribution < 1.29 is 28.8 Å². The average Bonchev–Trinajstić information content (AvgIpc) is 3.31. The number of methoxy groups -OCH3 is 4. The van der Waals surface area contributed by atoms with Gasteiger partial charge < -0.3 is 23.8 Å². The third-order valence-electron chi connectivity index (χ3n) is 9.76. The Labute approximate surface area is 358 Å². The normalized spacial score (nSPS) is 10.4. The van der Waals surface area contributed by atoms with Gasteiger partial charge in [0.1, 0.15) is 34.1 Å². The Kier molecular flexibility index (Phi) is 12.7. The van der Waals surface area contributed by atoms with E-state index in [1.165, 1.54) is 6.07 Å². The van der Waals surface area contributed by atoms with E-state index in [0.29, 0.717) is 11.1 Å². The number of benzene rings is 7. The first-order chi connectivity index (χ1) is 30.2. The summed E-state index contributed by atoms with van der Waals surface area (Å²) >= 11 is 0. The summed E-state index contributed by atoms with van der Waals surface area (Å²) in [5.74, 6) is 14.6. The summed E-state index contributed by atoms with van der Waals surface area (Å²) < 4.78 is 21.4. The van der Waals surface area contributed by atoms with Crippen LogP contribution >= 0.6 is 0 Å². The van der Waals surface area contributed by atoms with Gasteiger partial charge in [-0.05, 0) is 115 Å². The standard InChI is InChI=1S/C50H38N4O8/c1-59-45-25-17-41(18-26-45)51(42-19-27-46(60-2)28-20-42)39-13-7-35(8-14-39)5-11-37-33-38(50(54(57)58)34-49(37)53(55)56)12-6-36-9-15-40(16-10-36)52(43-21-29-47(61-3)30-22-43)44-23-31-48(62-4)32-24-44/h7-10,13-34H,1-4H3/q+1. The highest BCUT2D eigenvalue weighted by Crippen LogP contribution is 2.38. The van der Waals surface area contributed by atoms with E-state index < -0.39 is 21.2 Å². The Hall–Kier alpha value is -8.58. The van der Waals surface area contributed by atoms with Gasteiger partial charge >= 0.3 is 0 Å². The molecule has 12 heteroatoms. The Morgan fingerprint density at radius 1 is 0.403 bits per heavy atom. The minimum atomic E-state index is -0.686. The highest BCUT2D eigenvalue weighted by atomic mass is 16.6. The van der Waals surface area contributed by atoms with Crippen LogP contribution in [0.1, 0.15) is 22.3 Å². The van der Waals surface area contributed by atoms with Crippen LogP contribution in [0.3, 0.4) is 0 Å². The van der Waals surface area contributed by atoms with E-state index in [0.717, 1.165) is 63.2 Å². The number of hydrogen-bond donors (Lipinski definition) is 0. The lowest BCUT2D eigenvalue weighted by Crippen LogP contribution is -2.11. The van der Waals surface area contributed by atoms with Crippen molar-refractivity contribution in [2.45, 2.75) is 0 Å². The molecule has 0 aromatic heterocycles. The average molecular weight is 823 g/mol. The Morgan fingerprint density at radius 2 is 0.694 bits per heavy atom. The van der Waals surface area contributed by atoms with Gasteiger partial charge in [0.2, 0.25) is 0 Å². The topological polar surface area (TPSA) is 132 Å². The van der Waals surface area contributed by atoms with Gasteiger partial charge in [-0.1, -0.05) is 28.6 Å². The second kappa shape index (κ2) is 19.0. The van der Waals surface area contributed by atoms with Gasteiger partial charge in [-0.2, -0.15) is 0 Å². The Morgan fingerprint density at radius 3 is 1.02 bits per heavy atom. The van der Waals surface area contributed by atoms with Gasteiger partial charge in [-0.3, -0.25) is 20.2 Å². The second-order valence-corrected chi connectivity index (χ2v) is 13.5. The van der Waals surface area contributed by atoms with Crippen LogP contribution in [0.4, 0.5) is 45.5 Å². The lowest BCUT2D eigenvalue weighted by molar-refractivity contribution is -0.394. The molecule has 0 unspecified atom stereocenters. The molecule has 7 rings (SSSR count). The summed E-state index contributed by atoms with van der Waals surface area (Å²) in [4.78, 5) is 27.1. The van der Waals surface area contributed by atoms with Crippen molar-refractivity contribution in [3.05, 3.63) is 200 Å². The van der Waals surface area contributed by atoms with E-state index in [1.54, 1.807) is 52.7 Å². The molecule has 12 nitrogen and oxygen atoms in total. The van der Waals surface area contributed by atoms with Crippen molar-refractivity contribution in [3.63, 3.8) is 0 Å². The number of nitro groups is 2. The summed E-state index contributed by atoms with van der Waals surface area (Å²) in [6.45, 7) is 0. The third-order valence-corrected chi connectivity index (χ3v) is 9.76. The van der Waals surface area contributed by atoms with Crippen LogP contribution in [0.15, 0.2) is 158 Å². The number of hydrogen-bond acceptors (Lipinski definition) is 10. The van der Waals surface area contributed by atoms with Gasteiger partial charge in [-0.15, -0.1) is 0 Å². The SMILES string of the molecule is COc1ccc(N(c2ccc(C#Cc3cc(C#Cc4ccc([N+](c5ccc(OC)cc5)c5ccc(OC)cc5)cc4)c([N+](=O)[O-])cc3[N+](=O)[O-])cc2)c2ccc(OC)cc2)cc1. The largest absolute Gasteiger partial charge is 0.497 e. The highest BCUT2D eigenvalue weighted by molar-refractivity contribution is 5.77. The number of anilines is 6. The molecule has 0 aliphatic rings. The summed E-state index contributed by atoms with van der Waals surface area (Å²) in [5.41, 5.74) is 5.27. The molecule has 0 aliphatic heterocycles. The van der Waals surface area contributed by atoms with E-state index in [4.69, 9.17) is 18.9 Å². The summed E-state index contributed by atoms with van der Waals surface area (Å²) in [6, 6.07) is 47.5. The minimum absolute atomic E-state index is 0.0166. The maximum atomic E-state index is 12.2. The maximum Gasteiger partial charge on any atom is 0.291 e. The second-order valence-electron chi connectivity index (χ2n) is 13.5. The van der Waals surface area contributed by atoms with Crippen molar-refractivity contribution in [2.75, 3.05) is 33.3 Å². The van der Waals surface area contributed by atoms with E-state index in [9.17, 15) is 20.2 Å². The molecule has 0 spiro atoms. The molecule has 305 valence electrons. The van der Waals surface area contributed by atoms with E-state index in [-0.39, 0.29) is 11.1 Å². The van der Waals surface area contributed by atoms with Crippen LogP contribution < -0.4 is 28.7 Å². The predicted octanol–water partition coefficient (Wildman–Crippen LogP) is 11.2. The molecule has 0 saturated heterocycles. The molecule has 0 aliphatic carbocycles. The van der Waals surface area contributed by atoms with E-state index in [1.807, 2.05) is 131 Å². The monoisotopic (exact) mass is 822 g/mol. The fourth-order valence-corrected chi connectivity index (χ4v) is 6.57. The molecule has 1 radical (unpaired) electrons. The molecule has 7 aromatic carbocycles. The Bertz CT molecular complexity index is 2540. The van der Waals surface area contributed by atoms with Gasteiger partial charge in [0.15, 0.2) is 17.1 Å². The highest BCUT2D eigenvalue weighted by Gasteiger charge is 2.27. The Balaban J connectivity index is 1.19. The molecular formula is C50H38N4O8+. The van der Waals surface area contributed by atoms with Crippen molar-refractivity contribution in [3.8, 4) is 46.7 Å². The van der Waals surface area contributed by atoms with Crippen LogP contribution in [-0.2, 0) is 0 Å². The van der Waals surface area contributed by atoms with Crippen LogP contribution in [0.5, 0.6) is 23.0 Å². The van der Waals surface area contributed by atoms with Gasteiger partial charge in [0.05, 0.1) is 44.4 Å². The van der Waals surface area contributed by atoms with E-state index in [2.05, 4.69) is 23.7 Å². The van der Waals surface area contributed by atoms with Gasteiger partial charge in [0.25, 0.3) is 11.4 Å². The molecule has 62 heavy (non-hydrogen) atoms. The van der Waals surface area contributed by atoms with Gasteiger partial charge in [0, 0.05) is 64.6 Å². The molecular weight excluding hydrogens is 785 g/mol. The zero-order valence-electron chi connectivity index (χ0n) is 34.1. The molecule has 0 amide bonds. The smallest absolute Gasteiger partial charge is 0.291 e. The van der Waals surface area contributed by atoms with Gasteiger partial charge in [-0.25, -0.2) is 0 Å². The predicted molar refractivity (Wildman–Crippen MR) is 239 cm³/mol. The summed E-state index contributed by atoms with van der Waals surface area (Å²) in [5, 5.41) is 24.3. The van der Waals surface area contributed by atoms with Crippen LogP contribution in [0.25, 0.3) is 0 Å². The quantitative estimate of drug-likeness (QED) is 0.0511. The van der Waals surface area contributed by atoms with Crippen LogP contribution in [0.2, 0.25) is 0 Å². The first-order valence-corrected chi connectivity index (χ1v) is 19.1. The number of nitro benzene ring substituents is 2. The van der Waals surface area contributed by atoms with Crippen molar-refractivity contribution >= 4 is 45.5 Å². The number of rotatable bonds is 12. The molecule has 0 heterocycles. The lowest BCUT2D eigenvalue weighted by atomic mass is 10.0. The van der Waals surface area contributed by atoms with Crippen molar-refractivity contribution in [1.29, 1.82) is 0 Å². The zero-order chi connectivity index (χ0) is 43.6. The summed E-state index contributed by atoms with van der Waals surface area (Å²) in [6.07, 6.45) is 0. The first kappa shape index (κ1) is 41.6. The van der Waals surface area contributed by atoms with E-state index >= 15 is 0 Å². The first-order valence-electron chi connectivity index (χ1n) is 19.1. The number of nitrogens with zero attached hydrogens (tertiary/aromatic N) is 4. The minimum Gasteiger partial charge on any atom is -0.497 e. The zero-order valence-corrected chi connectivity index (χ0v) is 34.1. The maximum absolute atomic E-state index is 12.2. The lowest BCUT2D eigenvalue weighted by Gasteiger charge is -2.25. The fraction of sp³-hybridized carbons (Fsp3) is 0.0800. The summed E-state index contributed by atoms with van der Waals surface area (Å²) in [7, 11) is 6.44. The molecule has 0 bridgehead atoms. The third kappa shape index (κ3) is 9.48. The molecule has 7 aromatic rings. The van der Waals surface area contributed by atoms with Crippen LogP contribution in [-0.4, -0.2) is 38.3 Å². The molecule has 0 fully saturated rings. The number of ether oxygens (including phenoxy) is 4. The van der Waals surface area contributed by atoms with Crippen molar-refractivity contribution in [1.82, 2.24) is 4.90 Å².